The monoisotopic (exact) mass is 291 g/mol. The predicted molar refractivity (Wildman–Crippen MR) is 82.4 cm³/mol. The van der Waals surface area contributed by atoms with Crippen LogP contribution >= 0.6 is 11.6 Å². The lowest BCUT2D eigenvalue weighted by Crippen LogP contribution is -2.46. The Morgan fingerprint density at radius 3 is 2.90 bits per heavy atom. The number of hydrogen-bond acceptors (Lipinski definition) is 3. The van der Waals surface area contributed by atoms with Crippen LogP contribution in [0.4, 0.5) is 0 Å². The van der Waals surface area contributed by atoms with Crippen molar-refractivity contribution < 1.29 is 0 Å². The molecule has 1 aromatic rings. The van der Waals surface area contributed by atoms with Gasteiger partial charge in [-0.15, -0.1) is 0 Å². The largest absolute Gasteiger partial charge is 0.329 e. The fraction of sp³-hybridized carbons (Fsp3) is 0.562. The summed E-state index contributed by atoms with van der Waals surface area (Å²) in [5, 5.41) is 9.55. The number of hydrogen-bond donors (Lipinski definition) is 1. The summed E-state index contributed by atoms with van der Waals surface area (Å²) < 4.78 is 0. The molecular formula is C16H22ClN3. The predicted octanol–water partition coefficient (Wildman–Crippen LogP) is 3.16. The Bertz CT molecular complexity index is 495. The molecule has 108 valence electrons. The van der Waals surface area contributed by atoms with Gasteiger partial charge in [-0.2, -0.15) is 5.26 Å². The Morgan fingerprint density at radius 2 is 2.30 bits per heavy atom. The van der Waals surface area contributed by atoms with E-state index in [0.29, 0.717) is 23.2 Å². The summed E-state index contributed by atoms with van der Waals surface area (Å²) in [5.41, 5.74) is 7.62. The highest BCUT2D eigenvalue weighted by molar-refractivity contribution is 6.31. The highest BCUT2D eigenvalue weighted by Crippen LogP contribution is 2.28. The first-order valence-corrected chi connectivity index (χ1v) is 7.68. The Hall–Kier alpha value is -1.08. The number of benzene rings is 1. The number of rotatable bonds is 4. The summed E-state index contributed by atoms with van der Waals surface area (Å²) in [5.74, 6) is 0.802. The topological polar surface area (TPSA) is 53.0 Å². The molecule has 0 radical (unpaired) electrons. The van der Waals surface area contributed by atoms with E-state index in [1.165, 1.54) is 19.3 Å². The zero-order chi connectivity index (χ0) is 14.5. The first kappa shape index (κ1) is 15.3. The molecule has 0 spiro atoms. The molecule has 0 bridgehead atoms. The van der Waals surface area contributed by atoms with E-state index < -0.39 is 0 Å². The van der Waals surface area contributed by atoms with Gasteiger partial charge in [0.15, 0.2) is 0 Å². The Balaban J connectivity index is 2.07. The highest BCUT2D eigenvalue weighted by atomic mass is 35.5. The van der Waals surface area contributed by atoms with Crippen molar-refractivity contribution in [2.45, 2.75) is 38.8 Å². The van der Waals surface area contributed by atoms with E-state index in [1.54, 1.807) is 6.07 Å². The van der Waals surface area contributed by atoms with Gasteiger partial charge in [0, 0.05) is 24.2 Å². The van der Waals surface area contributed by atoms with Crippen molar-refractivity contribution in [1.29, 1.82) is 5.26 Å². The molecule has 1 aliphatic heterocycles. The minimum absolute atomic E-state index is 0.445. The molecule has 1 aliphatic rings. The van der Waals surface area contributed by atoms with E-state index in [4.69, 9.17) is 22.6 Å². The van der Waals surface area contributed by atoms with Crippen LogP contribution in [0.15, 0.2) is 18.2 Å². The third-order valence-corrected chi connectivity index (χ3v) is 4.70. The van der Waals surface area contributed by atoms with Gasteiger partial charge in [-0.05, 0) is 43.0 Å². The minimum atomic E-state index is 0.445. The number of halogens is 1. The van der Waals surface area contributed by atoms with Crippen LogP contribution in [-0.4, -0.2) is 24.0 Å². The molecule has 0 aromatic heterocycles. The van der Waals surface area contributed by atoms with Gasteiger partial charge in [0.1, 0.15) is 0 Å². The normalized spacial score (nSPS) is 23.5. The third kappa shape index (κ3) is 3.52. The molecule has 1 aromatic carbocycles. The van der Waals surface area contributed by atoms with Gasteiger partial charge in [0.2, 0.25) is 0 Å². The summed E-state index contributed by atoms with van der Waals surface area (Å²) in [6.45, 7) is 4.86. The molecule has 1 saturated heterocycles. The van der Waals surface area contributed by atoms with Crippen molar-refractivity contribution in [2.24, 2.45) is 11.7 Å². The van der Waals surface area contributed by atoms with E-state index in [1.807, 2.05) is 12.1 Å². The molecule has 3 nitrogen and oxygen atoms in total. The zero-order valence-corrected chi connectivity index (χ0v) is 12.7. The van der Waals surface area contributed by atoms with Crippen molar-refractivity contribution in [3.05, 3.63) is 34.3 Å². The van der Waals surface area contributed by atoms with Gasteiger partial charge < -0.3 is 5.73 Å². The standard InChI is InChI=1S/C16H22ClN3/c1-2-12-5-6-20(15(7-12)10-19)11-14-4-3-13(9-18)8-16(14)17/h3-4,8,12,15H,2,5-7,10-11,19H2,1H3. The van der Waals surface area contributed by atoms with Crippen molar-refractivity contribution in [3.63, 3.8) is 0 Å². The fourth-order valence-corrected chi connectivity index (χ4v) is 3.21. The number of piperidine rings is 1. The van der Waals surface area contributed by atoms with E-state index >= 15 is 0 Å². The van der Waals surface area contributed by atoms with Crippen LogP contribution in [0.3, 0.4) is 0 Å². The zero-order valence-electron chi connectivity index (χ0n) is 12.0. The molecule has 2 unspecified atom stereocenters. The Morgan fingerprint density at radius 1 is 1.50 bits per heavy atom. The second kappa shape index (κ2) is 7.08. The minimum Gasteiger partial charge on any atom is -0.329 e. The second-order valence-corrected chi connectivity index (χ2v) is 5.98. The molecule has 20 heavy (non-hydrogen) atoms. The molecule has 0 amide bonds. The van der Waals surface area contributed by atoms with E-state index in [9.17, 15) is 0 Å². The maximum Gasteiger partial charge on any atom is 0.0992 e. The summed E-state index contributed by atoms with van der Waals surface area (Å²) >= 11 is 6.27. The van der Waals surface area contributed by atoms with Gasteiger partial charge >= 0.3 is 0 Å². The van der Waals surface area contributed by atoms with Gasteiger partial charge in [0.05, 0.1) is 11.6 Å². The van der Waals surface area contributed by atoms with Crippen LogP contribution in [0.5, 0.6) is 0 Å². The average molecular weight is 292 g/mol. The maximum absolute atomic E-state index is 8.88. The van der Waals surface area contributed by atoms with Crippen LogP contribution in [0.1, 0.15) is 37.3 Å². The highest BCUT2D eigenvalue weighted by Gasteiger charge is 2.26. The van der Waals surface area contributed by atoms with Crippen LogP contribution in [0.2, 0.25) is 5.02 Å². The molecule has 1 fully saturated rings. The molecular weight excluding hydrogens is 270 g/mol. The van der Waals surface area contributed by atoms with Crippen molar-refractivity contribution in [2.75, 3.05) is 13.1 Å². The lowest BCUT2D eigenvalue weighted by atomic mass is 9.88. The van der Waals surface area contributed by atoms with Gasteiger partial charge in [0.25, 0.3) is 0 Å². The van der Waals surface area contributed by atoms with Crippen LogP contribution in [-0.2, 0) is 6.54 Å². The summed E-state index contributed by atoms with van der Waals surface area (Å²) in [7, 11) is 0. The van der Waals surface area contributed by atoms with Crippen molar-refractivity contribution in [3.8, 4) is 6.07 Å². The lowest BCUT2D eigenvalue weighted by molar-refractivity contribution is 0.107. The van der Waals surface area contributed by atoms with E-state index in [2.05, 4.69) is 17.9 Å². The van der Waals surface area contributed by atoms with Crippen LogP contribution in [0, 0.1) is 17.2 Å². The fourth-order valence-electron chi connectivity index (χ4n) is 2.97. The number of nitriles is 1. The number of nitrogens with two attached hydrogens (primary N) is 1. The quantitative estimate of drug-likeness (QED) is 0.927. The molecule has 1 heterocycles. The Kier molecular flexibility index (Phi) is 5.42. The SMILES string of the molecule is CCC1CCN(Cc2ccc(C#N)cc2Cl)C(CN)C1. The lowest BCUT2D eigenvalue weighted by Gasteiger charge is -2.39. The maximum atomic E-state index is 8.88. The number of nitrogens with zero attached hydrogens (tertiary/aromatic N) is 2. The summed E-state index contributed by atoms with van der Waals surface area (Å²) in [6.07, 6.45) is 3.66. The first-order valence-electron chi connectivity index (χ1n) is 7.30. The van der Waals surface area contributed by atoms with E-state index in [0.717, 1.165) is 24.6 Å². The second-order valence-electron chi connectivity index (χ2n) is 5.58. The molecule has 0 saturated carbocycles. The Labute approximate surface area is 126 Å². The van der Waals surface area contributed by atoms with Crippen molar-refractivity contribution in [1.82, 2.24) is 4.90 Å². The smallest absolute Gasteiger partial charge is 0.0992 e. The van der Waals surface area contributed by atoms with Gasteiger partial charge in [-0.3, -0.25) is 4.90 Å². The first-order chi connectivity index (χ1) is 9.67. The van der Waals surface area contributed by atoms with Crippen LogP contribution in [0.25, 0.3) is 0 Å². The number of likely N-dealkylation sites (tertiary alicyclic amines) is 1. The van der Waals surface area contributed by atoms with E-state index in [-0.39, 0.29) is 0 Å². The molecule has 2 atom stereocenters. The summed E-state index contributed by atoms with van der Waals surface area (Å²) in [4.78, 5) is 2.43. The van der Waals surface area contributed by atoms with Gasteiger partial charge in [-0.1, -0.05) is 31.0 Å². The third-order valence-electron chi connectivity index (χ3n) is 4.35. The molecule has 2 rings (SSSR count). The molecule has 4 heteroatoms. The molecule has 2 N–H and O–H groups in total. The average Bonchev–Trinajstić information content (AvgIpc) is 2.49. The van der Waals surface area contributed by atoms with Crippen molar-refractivity contribution >= 4 is 11.6 Å². The van der Waals surface area contributed by atoms with Crippen LogP contribution < -0.4 is 5.73 Å². The summed E-state index contributed by atoms with van der Waals surface area (Å²) in [6, 6.07) is 8.09. The van der Waals surface area contributed by atoms with Gasteiger partial charge in [-0.25, -0.2) is 0 Å². The molecule has 0 aliphatic carbocycles.